The Morgan fingerprint density at radius 1 is 1.20 bits per heavy atom. The number of carbonyl (C=O) groups excluding carboxylic acids is 2. The maximum Gasteiger partial charge on any atom is 0.407 e. The van der Waals surface area contributed by atoms with Gasteiger partial charge in [0.05, 0.1) is 23.5 Å². The van der Waals surface area contributed by atoms with Crippen molar-refractivity contribution in [3.05, 3.63) is 76.3 Å². The lowest BCUT2D eigenvalue weighted by atomic mass is 9.96. The number of hydrogen-bond acceptors (Lipinski definition) is 7. The van der Waals surface area contributed by atoms with Gasteiger partial charge in [-0.25, -0.2) is 19.2 Å². The lowest BCUT2D eigenvalue weighted by Crippen LogP contribution is -2.40. The van der Waals surface area contributed by atoms with E-state index in [0.29, 0.717) is 35.1 Å². The average Bonchev–Trinajstić information content (AvgIpc) is 2.90. The zero-order chi connectivity index (χ0) is 28.9. The van der Waals surface area contributed by atoms with Gasteiger partial charge in [-0.05, 0) is 63.4 Å². The molecule has 1 aromatic heterocycles. The van der Waals surface area contributed by atoms with Crippen LogP contribution < -0.4 is 16.4 Å². The first-order valence-electron chi connectivity index (χ1n) is 13.0. The minimum absolute atomic E-state index is 0.00812. The summed E-state index contributed by atoms with van der Waals surface area (Å²) in [6.07, 6.45) is 2.64. The van der Waals surface area contributed by atoms with Crippen LogP contribution in [0.4, 0.5) is 15.0 Å². The fourth-order valence-corrected chi connectivity index (χ4v) is 4.57. The maximum atomic E-state index is 15.3. The molecule has 4 rings (SSSR count). The third-order valence-corrected chi connectivity index (χ3v) is 6.59. The third-order valence-electron chi connectivity index (χ3n) is 6.35. The van der Waals surface area contributed by atoms with Crippen molar-refractivity contribution in [2.45, 2.75) is 51.2 Å². The van der Waals surface area contributed by atoms with Gasteiger partial charge in [-0.15, -0.1) is 0 Å². The van der Waals surface area contributed by atoms with E-state index in [4.69, 9.17) is 26.8 Å². The molecule has 1 aliphatic rings. The number of ether oxygens (including phenoxy) is 2. The van der Waals surface area contributed by atoms with Gasteiger partial charge in [-0.3, -0.25) is 4.79 Å². The molecular weight excluding hydrogens is 537 g/mol. The highest BCUT2D eigenvalue weighted by atomic mass is 35.5. The Kier molecular flexibility index (Phi) is 9.21. The van der Waals surface area contributed by atoms with Gasteiger partial charge in [0.15, 0.2) is 0 Å². The zero-order valence-corrected chi connectivity index (χ0v) is 23.4. The predicted molar refractivity (Wildman–Crippen MR) is 151 cm³/mol. The van der Waals surface area contributed by atoms with Crippen molar-refractivity contribution < 1.29 is 23.5 Å². The molecule has 11 heteroatoms. The first-order valence-corrected chi connectivity index (χ1v) is 13.4. The highest BCUT2D eigenvalue weighted by Gasteiger charge is 2.23. The summed E-state index contributed by atoms with van der Waals surface area (Å²) in [4.78, 5) is 34.4. The van der Waals surface area contributed by atoms with Gasteiger partial charge >= 0.3 is 6.09 Å². The molecule has 4 N–H and O–H groups in total. The summed E-state index contributed by atoms with van der Waals surface area (Å²) in [7, 11) is 0. The van der Waals surface area contributed by atoms with Crippen molar-refractivity contribution in [3.8, 4) is 11.3 Å². The van der Waals surface area contributed by atoms with E-state index in [1.807, 2.05) is 0 Å². The van der Waals surface area contributed by atoms with Crippen LogP contribution in [-0.4, -0.2) is 47.3 Å². The molecule has 0 saturated carbocycles. The normalized spacial score (nSPS) is 14.8. The van der Waals surface area contributed by atoms with Crippen molar-refractivity contribution in [1.82, 2.24) is 20.6 Å². The largest absolute Gasteiger partial charge is 0.444 e. The van der Waals surface area contributed by atoms with Crippen molar-refractivity contribution in [3.63, 3.8) is 0 Å². The second-order valence-electron chi connectivity index (χ2n) is 10.6. The summed E-state index contributed by atoms with van der Waals surface area (Å²) in [5.74, 6) is -1.07. The van der Waals surface area contributed by atoms with E-state index in [2.05, 4.69) is 20.6 Å². The van der Waals surface area contributed by atoms with Crippen LogP contribution in [0.5, 0.6) is 0 Å². The van der Waals surface area contributed by atoms with Crippen molar-refractivity contribution in [1.29, 1.82) is 0 Å². The van der Waals surface area contributed by atoms with Crippen LogP contribution >= 0.6 is 11.6 Å². The molecule has 0 bridgehead atoms. The molecule has 1 aliphatic heterocycles. The van der Waals surface area contributed by atoms with Crippen LogP contribution in [0.15, 0.2) is 48.7 Å². The van der Waals surface area contributed by atoms with Crippen molar-refractivity contribution in [2.75, 3.05) is 25.5 Å². The summed E-state index contributed by atoms with van der Waals surface area (Å²) in [6.45, 7) is 6.52. The highest BCUT2D eigenvalue weighted by molar-refractivity contribution is 6.30. The third kappa shape index (κ3) is 7.67. The summed E-state index contributed by atoms with van der Waals surface area (Å²) in [5, 5.41) is 5.88. The van der Waals surface area contributed by atoms with Gasteiger partial charge < -0.3 is 25.8 Å². The van der Waals surface area contributed by atoms with E-state index in [9.17, 15) is 9.59 Å². The number of rotatable bonds is 7. The first kappa shape index (κ1) is 29.2. The second kappa shape index (κ2) is 12.6. The number of halogens is 2. The van der Waals surface area contributed by atoms with E-state index < -0.39 is 29.5 Å². The smallest absolute Gasteiger partial charge is 0.407 e. The van der Waals surface area contributed by atoms with Crippen LogP contribution in [-0.2, 0) is 9.47 Å². The summed E-state index contributed by atoms with van der Waals surface area (Å²) in [6, 6.07) is 10.3. The fourth-order valence-electron chi connectivity index (χ4n) is 4.37. The number of hydrogen-bond donors (Lipinski definition) is 3. The van der Waals surface area contributed by atoms with Gasteiger partial charge in [0.1, 0.15) is 22.9 Å². The number of nitrogens with one attached hydrogen (secondary N) is 2. The number of nitrogens with zero attached hydrogens (tertiary/aromatic N) is 2. The molecule has 0 spiro atoms. The van der Waals surface area contributed by atoms with Gasteiger partial charge in [-0.1, -0.05) is 29.8 Å². The molecule has 0 radical (unpaired) electrons. The Morgan fingerprint density at radius 2 is 1.95 bits per heavy atom. The minimum atomic E-state index is -0.752. The van der Waals surface area contributed by atoms with Crippen LogP contribution in [0, 0.1) is 5.82 Å². The van der Waals surface area contributed by atoms with E-state index in [1.54, 1.807) is 57.3 Å². The molecule has 1 unspecified atom stereocenters. The van der Waals surface area contributed by atoms with Gasteiger partial charge in [0.2, 0.25) is 0 Å². The monoisotopic (exact) mass is 569 g/mol. The summed E-state index contributed by atoms with van der Waals surface area (Å²) >= 11 is 6.15. The molecule has 3 aromatic rings. The Labute approximate surface area is 237 Å². The Balaban J connectivity index is 1.53. The standard InChI is InChI=1S/C29H33ClFN5O4/c1-29(2,3)40-28(38)34-16-24(18-5-4-6-20(30)13-18)36-27(37)21-8-7-19(14-22(21)31)25-26(32)33-15-23(35-25)17-9-11-39-12-10-17/h4-8,13-15,17,24H,9-12,16H2,1-3H3,(H2,32,33)(H,34,38)(H,36,37). The number of carbonyl (C=O) groups is 2. The van der Waals surface area contributed by atoms with Crippen LogP contribution in [0.2, 0.25) is 5.02 Å². The number of nitrogen functional groups attached to an aromatic ring is 1. The van der Waals surface area contributed by atoms with Crippen molar-refractivity contribution in [2.24, 2.45) is 0 Å². The lowest BCUT2D eigenvalue weighted by Gasteiger charge is -2.23. The molecular formula is C29H33ClFN5O4. The number of aromatic nitrogens is 2. The minimum Gasteiger partial charge on any atom is -0.444 e. The van der Waals surface area contributed by atoms with Gasteiger partial charge in [-0.2, -0.15) is 0 Å². The molecule has 212 valence electrons. The number of amides is 2. The van der Waals surface area contributed by atoms with E-state index in [-0.39, 0.29) is 23.8 Å². The van der Waals surface area contributed by atoms with E-state index >= 15 is 4.39 Å². The number of anilines is 1. The fraction of sp³-hybridized carbons (Fsp3) is 0.379. The van der Waals surface area contributed by atoms with E-state index in [0.717, 1.165) is 18.5 Å². The first-order chi connectivity index (χ1) is 19.0. The summed E-state index contributed by atoms with van der Waals surface area (Å²) < 4.78 is 26.0. The Hall–Kier alpha value is -3.76. The Morgan fingerprint density at radius 3 is 2.62 bits per heavy atom. The van der Waals surface area contributed by atoms with Crippen LogP contribution in [0.3, 0.4) is 0 Å². The highest BCUT2D eigenvalue weighted by Crippen LogP contribution is 2.30. The molecule has 2 aromatic carbocycles. The molecule has 2 amide bonds. The van der Waals surface area contributed by atoms with Gasteiger partial charge in [0, 0.05) is 36.3 Å². The quantitative estimate of drug-likeness (QED) is 0.347. The molecule has 40 heavy (non-hydrogen) atoms. The maximum absolute atomic E-state index is 15.3. The molecule has 1 atom stereocenters. The predicted octanol–water partition coefficient (Wildman–Crippen LogP) is 5.41. The average molecular weight is 570 g/mol. The number of nitrogens with two attached hydrogens (primary N) is 1. The van der Waals surface area contributed by atoms with E-state index in [1.165, 1.54) is 12.1 Å². The molecule has 1 fully saturated rings. The number of benzene rings is 2. The van der Waals surface area contributed by atoms with Crippen LogP contribution in [0.1, 0.15) is 67.2 Å². The SMILES string of the molecule is CC(C)(C)OC(=O)NCC(NC(=O)c1ccc(-c2nc(C3CCOCC3)cnc2N)cc1F)c1cccc(Cl)c1. The molecule has 9 nitrogen and oxygen atoms in total. The molecule has 1 saturated heterocycles. The summed E-state index contributed by atoms with van der Waals surface area (Å²) in [5.41, 5.74) is 7.37. The topological polar surface area (TPSA) is 128 Å². The second-order valence-corrected chi connectivity index (χ2v) is 11.0. The number of alkyl carbamates (subject to hydrolysis) is 1. The molecule has 2 heterocycles. The molecule has 0 aliphatic carbocycles. The van der Waals surface area contributed by atoms with Gasteiger partial charge in [0.25, 0.3) is 5.91 Å². The Bertz CT molecular complexity index is 1370. The van der Waals surface area contributed by atoms with Crippen molar-refractivity contribution >= 4 is 29.4 Å². The zero-order valence-electron chi connectivity index (χ0n) is 22.7. The lowest BCUT2D eigenvalue weighted by molar-refractivity contribution is 0.0519. The van der Waals surface area contributed by atoms with Crippen LogP contribution in [0.25, 0.3) is 11.3 Å².